The molecule has 1 aliphatic rings. The van der Waals surface area contributed by atoms with Crippen LogP contribution >= 0.6 is 11.3 Å². The molecule has 2 heterocycles. The third-order valence-corrected chi connectivity index (χ3v) is 7.22. The highest BCUT2D eigenvalue weighted by Crippen LogP contribution is 2.43. The van der Waals surface area contributed by atoms with Crippen LogP contribution in [-0.2, 0) is 17.6 Å². The molecule has 7 heteroatoms. The van der Waals surface area contributed by atoms with Crippen LogP contribution in [0.2, 0.25) is 0 Å². The molecule has 1 aliphatic heterocycles. The zero-order valence-electron chi connectivity index (χ0n) is 19.0. The Labute approximate surface area is 197 Å². The van der Waals surface area contributed by atoms with Crippen LogP contribution in [0.1, 0.15) is 56.7 Å². The molecule has 4 rings (SSSR count). The minimum absolute atomic E-state index is 0.250. The fourth-order valence-electron chi connectivity index (χ4n) is 4.47. The topological polar surface area (TPSA) is 58.6 Å². The number of nitrogens with one attached hydrogen (secondary N) is 1. The van der Waals surface area contributed by atoms with Crippen LogP contribution in [0.5, 0.6) is 0 Å². The Morgan fingerprint density at radius 1 is 1.15 bits per heavy atom. The van der Waals surface area contributed by atoms with E-state index in [0.29, 0.717) is 17.8 Å². The standard InChI is InChI=1S/C26H27FN2O3S/c1-4-19-16(3)33-24-20(19)14-15-29(23(24)17-10-12-18(27)13-11-17)26(31)28-22-9-7-6-8-21(22)25(30)32-5-2/h6-13,23H,4-5,14-15H2,1-3H3,(H,28,31). The number of thiophene rings is 1. The summed E-state index contributed by atoms with van der Waals surface area (Å²) >= 11 is 1.70. The van der Waals surface area contributed by atoms with Crippen molar-refractivity contribution in [2.45, 2.75) is 39.7 Å². The van der Waals surface area contributed by atoms with Crippen molar-refractivity contribution in [3.63, 3.8) is 0 Å². The van der Waals surface area contributed by atoms with Crippen molar-refractivity contribution in [2.24, 2.45) is 0 Å². The van der Waals surface area contributed by atoms with Crippen LogP contribution in [-0.4, -0.2) is 30.1 Å². The molecule has 2 aromatic carbocycles. The number of anilines is 1. The molecule has 0 bridgehead atoms. The minimum Gasteiger partial charge on any atom is -0.462 e. The molecule has 0 saturated heterocycles. The van der Waals surface area contributed by atoms with Crippen molar-refractivity contribution in [2.75, 3.05) is 18.5 Å². The van der Waals surface area contributed by atoms with Crippen molar-refractivity contribution in [1.82, 2.24) is 4.90 Å². The van der Waals surface area contributed by atoms with Crippen LogP contribution < -0.4 is 5.32 Å². The van der Waals surface area contributed by atoms with E-state index in [4.69, 9.17) is 4.74 Å². The summed E-state index contributed by atoms with van der Waals surface area (Å²) in [6.07, 6.45) is 1.69. The number of carbonyl (C=O) groups excluding carboxylic acids is 2. The summed E-state index contributed by atoms with van der Waals surface area (Å²) in [6, 6.07) is 12.5. The first kappa shape index (κ1) is 23.0. The zero-order valence-corrected chi connectivity index (χ0v) is 19.8. The highest BCUT2D eigenvalue weighted by Gasteiger charge is 2.35. The number of rotatable bonds is 5. The second-order valence-electron chi connectivity index (χ2n) is 7.93. The number of para-hydroxylation sites is 1. The van der Waals surface area contributed by atoms with Gasteiger partial charge in [-0.2, -0.15) is 0 Å². The molecule has 1 aromatic heterocycles. The van der Waals surface area contributed by atoms with E-state index >= 15 is 0 Å². The second kappa shape index (κ2) is 9.75. The third kappa shape index (κ3) is 4.50. The van der Waals surface area contributed by atoms with Gasteiger partial charge in [-0.1, -0.05) is 31.2 Å². The number of halogens is 1. The molecule has 3 aromatic rings. The molecule has 33 heavy (non-hydrogen) atoms. The number of ether oxygens (including phenoxy) is 1. The Hall–Kier alpha value is -3.19. The second-order valence-corrected chi connectivity index (χ2v) is 9.18. The zero-order chi connectivity index (χ0) is 23.5. The lowest BCUT2D eigenvalue weighted by Gasteiger charge is -2.36. The Morgan fingerprint density at radius 2 is 1.88 bits per heavy atom. The average molecular weight is 467 g/mol. The van der Waals surface area contributed by atoms with Gasteiger partial charge in [-0.15, -0.1) is 11.3 Å². The third-order valence-electron chi connectivity index (χ3n) is 5.98. The number of fused-ring (bicyclic) bond motifs is 1. The summed E-state index contributed by atoms with van der Waals surface area (Å²) in [6.45, 7) is 6.77. The van der Waals surface area contributed by atoms with Gasteiger partial charge in [0.15, 0.2) is 0 Å². The molecule has 0 radical (unpaired) electrons. The quantitative estimate of drug-likeness (QED) is 0.461. The van der Waals surface area contributed by atoms with Gasteiger partial charge in [-0.3, -0.25) is 0 Å². The van der Waals surface area contributed by atoms with E-state index in [1.165, 1.54) is 28.1 Å². The fourth-order valence-corrected chi connectivity index (χ4v) is 5.91. The Bertz CT molecular complexity index is 1170. The van der Waals surface area contributed by atoms with Gasteiger partial charge in [0.25, 0.3) is 0 Å². The smallest absolute Gasteiger partial charge is 0.340 e. The number of aryl methyl sites for hydroxylation is 1. The van der Waals surface area contributed by atoms with Crippen molar-refractivity contribution < 1.29 is 18.7 Å². The van der Waals surface area contributed by atoms with Crippen LogP contribution in [0.15, 0.2) is 48.5 Å². The summed E-state index contributed by atoms with van der Waals surface area (Å²) in [4.78, 5) is 30.0. The van der Waals surface area contributed by atoms with Crippen LogP contribution in [0.25, 0.3) is 0 Å². The number of carbonyl (C=O) groups is 2. The van der Waals surface area contributed by atoms with E-state index in [-0.39, 0.29) is 24.5 Å². The maximum Gasteiger partial charge on any atom is 0.340 e. The first-order valence-electron chi connectivity index (χ1n) is 11.1. The van der Waals surface area contributed by atoms with Gasteiger partial charge in [0.2, 0.25) is 0 Å². The Kier molecular flexibility index (Phi) is 6.79. The minimum atomic E-state index is -0.481. The van der Waals surface area contributed by atoms with E-state index in [1.807, 2.05) is 0 Å². The molecule has 0 spiro atoms. The Balaban J connectivity index is 1.71. The van der Waals surface area contributed by atoms with E-state index < -0.39 is 5.97 Å². The van der Waals surface area contributed by atoms with E-state index in [1.54, 1.807) is 59.6 Å². The number of amides is 2. The molecule has 0 aliphatic carbocycles. The lowest BCUT2D eigenvalue weighted by molar-refractivity contribution is 0.0527. The van der Waals surface area contributed by atoms with Gasteiger partial charge in [0.05, 0.1) is 23.9 Å². The van der Waals surface area contributed by atoms with Crippen molar-refractivity contribution in [1.29, 1.82) is 0 Å². The molecular formula is C26H27FN2O3S. The number of nitrogens with zero attached hydrogens (tertiary/aromatic N) is 1. The summed E-state index contributed by atoms with van der Waals surface area (Å²) < 4.78 is 18.8. The van der Waals surface area contributed by atoms with Gasteiger partial charge in [-0.25, -0.2) is 14.0 Å². The maximum absolute atomic E-state index is 13.7. The van der Waals surface area contributed by atoms with Crippen molar-refractivity contribution in [3.8, 4) is 0 Å². The Morgan fingerprint density at radius 3 is 2.58 bits per heavy atom. The van der Waals surface area contributed by atoms with Crippen LogP contribution in [0, 0.1) is 12.7 Å². The summed E-state index contributed by atoms with van der Waals surface area (Å²) in [5, 5.41) is 2.91. The maximum atomic E-state index is 13.7. The molecule has 2 amide bonds. The molecule has 1 atom stereocenters. The lowest BCUT2D eigenvalue weighted by atomic mass is 9.92. The average Bonchev–Trinajstić information content (AvgIpc) is 3.14. The highest BCUT2D eigenvalue weighted by atomic mass is 32.1. The van der Waals surface area contributed by atoms with E-state index in [2.05, 4.69) is 19.2 Å². The van der Waals surface area contributed by atoms with Gasteiger partial charge in [0.1, 0.15) is 5.82 Å². The molecule has 172 valence electrons. The summed E-state index contributed by atoms with van der Waals surface area (Å²) in [5.74, 6) is -0.795. The van der Waals surface area contributed by atoms with Crippen LogP contribution in [0.3, 0.4) is 0 Å². The predicted molar refractivity (Wildman–Crippen MR) is 129 cm³/mol. The van der Waals surface area contributed by atoms with E-state index in [9.17, 15) is 14.0 Å². The molecule has 5 nitrogen and oxygen atoms in total. The fraction of sp³-hybridized carbons (Fsp3) is 0.308. The normalized spacial score (nSPS) is 15.2. The lowest BCUT2D eigenvalue weighted by Crippen LogP contribution is -2.42. The molecule has 1 unspecified atom stereocenters. The number of hydrogen-bond donors (Lipinski definition) is 1. The van der Waals surface area contributed by atoms with Gasteiger partial charge in [0, 0.05) is 16.3 Å². The van der Waals surface area contributed by atoms with Crippen LogP contribution in [0.4, 0.5) is 14.9 Å². The predicted octanol–water partition coefficient (Wildman–Crippen LogP) is 6.11. The first-order valence-corrected chi connectivity index (χ1v) is 12.0. The van der Waals surface area contributed by atoms with Gasteiger partial charge < -0.3 is 15.0 Å². The van der Waals surface area contributed by atoms with Crippen molar-refractivity contribution in [3.05, 3.63) is 86.4 Å². The summed E-state index contributed by atoms with van der Waals surface area (Å²) in [7, 11) is 0. The molecule has 0 fully saturated rings. The van der Waals surface area contributed by atoms with Gasteiger partial charge >= 0.3 is 12.0 Å². The summed E-state index contributed by atoms with van der Waals surface area (Å²) in [5.41, 5.74) is 4.21. The van der Waals surface area contributed by atoms with E-state index in [0.717, 1.165) is 23.3 Å². The first-order chi connectivity index (χ1) is 15.9. The van der Waals surface area contributed by atoms with Crippen molar-refractivity contribution >= 4 is 29.0 Å². The SMILES string of the molecule is CCOC(=O)c1ccccc1NC(=O)N1CCc2c(sc(C)c2CC)C1c1ccc(F)cc1. The highest BCUT2D eigenvalue weighted by molar-refractivity contribution is 7.12. The largest absolute Gasteiger partial charge is 0.462 e. The number of esters is 1. The van der Waals surface area contributed by atoms with Gasteiger partial charge in [-0.05, 0) is 67.6 Å². The number of benzene rings is 2. The monoisotopic (exact) mass is 466 g/mol. The number of urea groups is 1. The molecular weight excluding hydrogens is 439 g/mol. The molecule has 0 saturated carbocycles. The number of hydrogen-bond acceptors (Lipinski definition) is 4. The molecule has 1 N–H and O–H groups in total.